The van der Waals surface area contributed by atoms with Crippen molar-refractivity contribution in [3.8, 4) is 0 Å². The maximum absolute atomic E-state index is 12.6. The zero-order chi connectivity index (χ0) is 18.2. The van der Waals surface area contributed by atoms with Crippen LogP contribution in [0.2, 0.25) is 0 Å². The molecule has 0 atom stereocenters. The summed E-state index contributed by atoms with van der Waals surface area (Å²) in [5.41, 5.74) is 3.29. The fourth-order valence-electron chi connectivity index (χ4n) is 3.90. The lowest BCUT2D eigenvalue weighted by Crippen LogP contribution is -2.49. The predicted octanol–water partition coefficient (Wildman–Crippen LogP) is 1.21. The van der Waals surface area contributed by atoms with Crippen LogP contribution in [0.25, 0.3) is 0 Å². The Labute approximate surface area is 155 Å². The predicted molar refractivity (Wildman–Crippen MR) is 103 cm³/mol. The molecule has 6 heteroatoms. The van der Waals surface area contributed by atoms with Gasteiger partial charge in [-0.05, 0) is 11.6 Å². The molecule has 2 N–H and O–H groups in total. The van der Waals surface area contributed by atoms with Gasteiger partial charge in [0.2, 0.25) is 5.91 Å². The van der Waals surface area contributed by atoms with Crippen molar-refractivity contribution in [1.82, 2.24) is 9.80 Å². The fourth-order valence-corrected chi connectivity index (χ4v) is 3.90. The lowest BCUT2D eigenvalue weighted by Gasteiger charge is -2.33. The number of hydrogen-bond acceptors (Lipinski definition) is 4. The molecule has 1 fully saturated rings. The first kappa shape index (κ1) is 20.1. The molecule has 0 spiro atoms. The molecule has 26 heavy (non-hydrogen) atoms. The van der Waals surface area contributed by atoms with Crippen LogP contribution in [0, 0.1) is 0 Å². The summed E-state index contributed by atoms with van der Waals surface area (Å²) >= 11 is 0. The van der Waals surface area contributed by atoms with Crippen LogP contribution < -0.4 is 4.90 Å². The summed E-state index contributed by atoms with van der Waals surface area (Å²) in [4.78, 5) is 30.1. The average Bonchev–Trinajstić information content (AvgIpc) is 2.77. The van der Waals surface area contributed by atoms with Gasteiger partial charge in [-0.25, -0.2) is 0 Å². The number of rotatable bonds is 3. The summed E-state index contributed by atoms with van der Waals surface area (Å²) < 4.78 is 0. The number of likely N-dealkylation sites (N-methyl/N-ethyl adjacent to an activating group) is 1. The van der Waals surface area contributed by atoms with Gasteiger partial charge in [0.1, 0.15) is 0 Å². The fraction of sp³-hybridized carbons (Fsp3) is 0.500. The molecular weight excluding hydrogens is 330 g/mol. The van der Waals surface area contributed by atoms with Gasteiger partial charge in [-0.15, -0.1) is 0 Å². The Morgan fingerprint density at radius 2 is 1.73 bits per heavy atom. The molecule has 6 nitrogen and oxygen atoms in total. The van der Waals surface area contributed by atoms with Crippen molar-refractivity contribution < 1.29 is 15.1 Å². The van der Waals surface area contributed by atoms with Crippen molar-refractivity contribution >= 4 is 17.4 Å². The number of anilines is 1. The van der Waals surface area contributed by atoms with E-state index in [1.165, 1.54) is 11.3 Å². The van der Waals surface area contributed by atoms with Crippen LogP contribution in [0.15, 0.2) is 36.0 Å². The number of ketones is 1. The highest BCUT2D eigenvalue weighted by molar-refractivity contribution is 5.94. The number of amides is 1. The minimum atomic E-state index is -0.172. The molecule has 0 aliphatic carbocycles. The molecule has 0 bridgehead atoms. The molecule has 2 aliphatic rings. The number of carbonyl (C=O) groups is 2. The Kier molecular flexibility index (Phi) is 5.88. The quantitative estimate of drug-likeness (QED) is 0.760. The number of allylic oxidation sites excluding steroid dienone is 1. The van der Waals surface area contributed by atoms with E-state index in [0.717, 1.165) is 18.8 Å². The minimum absolute atomic E-state index is 0. The first-order chi connectivity index (χ1) is 11.8. The summed E-state index contributed by atoms with van der Waals surface area (Å²) in [5, 5.41) is 0. The Balaban J connectivity index is 0.00000243. The van der Waals surface area contributed by atoms with E-state index < -0.39 is 0 Å². The zero-order valence-corrected chi connectivity index (χ0v) is 16.1. The number of carbonyl (C=O) groups excluding carboxylic acids is 2. The number of benzene rings is 1. The van der Waals surface area contributed by atoms with Gasteiger partial charge in [0, 0.05) is 63.0 Å². The standard InChI is InChI=1S/C20H27N3O2.H2O/c1-15(24)23-11-9-22(10-12-23)14-16(25)13-19-20(2,3)17-7-5-6-8-18(17)21(19)4;/h5-8,13H,9-12,14H2,1-4H3;1H2/b19-13-;. The number of para-hydroxylation sites is 1. The second kappa shape index (κ2) is 7.60. The molecule has 0 saturated carbocycles. The van der Waals surface area contributed by atoms with Crippen molar-refractivity contribution in [2.75, 3.05) is 44.7 Å². The SMILES string of the molecule is CC(=O)N1CCN(CC(=O)/C=C2\N(C)c3ccccc3C2(C)C)CC1.O. The third kappa shape index (κ3) is 3.66. The molecule has 3 rings (SSSR count). The van der Waals surface area contributed by atoms with Gasteiger partial charge in [0.15, 0.2) is 5.78 Å². The van der Waals surface area contributed by atoms with E-state index >= 15 is 0 Å². The third-order valence-corrected chi connectivity index (χ3v) is 5.44. The maximum Gasteiger partial charge on any atom is 0.219 e. The van der Waals surface area contributed by atoms with Gasteiger partial charge < -0.3 is 15.3 Å². The van der Waals surface area contributed by atoms with E-state index in [9.17, 15) is 9.59 Å². The third-order valence-electron chi connectivity index (χ3n) is 5.44. The van der Waals surface area contributed by atoms with Crippen molar-refractivity contribution in [3.63, 3.8) is 0 Å². The van der Waals surface area contributed by atoms with Crippen LogP contribution in [0.5, 0.6) is 0 Å². The van der Waals surface area contributed by atoms with Gasteiger partial charge in [-0.1, -0.05) is 32.0 Å². The highest BCUT2D eigenvalue weighted by Gasteiger charge is 2.38. The van der Waals surface area contributed by atoms with E-state index in [2.05, 4.69) is 35.8 Å². The Bertz CT molecular complexity index is 719. The summed E-state index contributed by atoms with van der Waals surface area (Å²) in [6.07, 6.45) is 1.80. The van der Waals surface area contributed by atoms with Crippen molar-refractivity contribution in [1.29, 1.82) is 0 Å². The first-order valence-corrected chi connectivity index (χ1v) is 8.87. The maximum atomic E-state index is 12.6. The van der Waals surface area contributed by atoms with Crippen LogP contribution in [0.4, 0.5) is 5.69 Å². The Morgan fingerprint density at radius 1 is 1.12 bits per heavy atom. The molecule has 0 radical (unpaired) electrons. The first-order valence-electron chi connectivity index (χ1n) is 8.87. The highest BCUT2D eigenvalue weighted by atomic mass is 16.2. The summed E-state index contributed by atoms with van der Waals surface area (Å²) in [6, 6.07) is 8.32. The van der Waals surface area contributed by atoms with E-state index in [1.54, 1.807) is 13.0 Å². The summed E-state index contributed by atoms with van der Waals surface area (Å²) in [7, 11) is 2.03. The van der Waals surface area contributed by atoms with Crippen LogP contribution in [-0.2, 0) is 15.0 Å². The van der Waals surface area contributed by atoms with Crippen molar-refractivity contribution in [3.05, 3.63) is 41.6 Å². The van der Waals surface area contributed by atoms with E-state index in [1.807, 2.05) is 24.1 Å². The van der Waals surface area contributed by atoms with Gasteiger partial charge in [-0.3, -0.25) is 14.5 Å². The van der Waals surface area contributed by atoms with Gasteiger partial charge >= 0.3 is 0 Å². The van der Waals surface area contributed by atoms with Crippen LogP contribution in [0.3, 0.4) is 0 Å². The monoisotopic (exact) mass is 359 g/mol. The lowest BCUT2D eigenvalue weighted by molar-refractivity contribution is -0.130. The highest BCUT2D eigenvalue weighted by Crippen LogP contribution is 2.46. The van der Waals surface area contributed by atoms with Gasteiger partial charge in [0.25, 0.3) is 0 Å². The molecule has 1 aromatic rings. The van der Waals surface area contributed by atoms with Gasteiger partial charge in [-0.2, -0.15) is 0 Å². The summed E-state index contributed by atoms with van der Waals surface area (Å²) in [5.74, 6) is 0.235. The number of piperazine rings is 1. The second-order valence-electron chi connectivity index (χ2n) is 7.48. The van der Waals surface area contributed by atoms with E-state index in [4.69, 9.17) is 0 Å². The Hall–Kier alpha value is -2.18. The van der Waals surface area contributed by atoms with Crippen molar-refractivity contribution in [2.24, 2.45) is 0 Å². The molecule has 1 aromatic carbocycles. The average molecular weight is 359 g/mol. The number of fused-ring (bicyclic) bond motifs is 1. The smallest absolute Gasteiger partial charge is 0.219 e. The number of nitrogens with zero attached hydrogens (tertiary/aromatic N) is 3. The molecular formula is C20H29N3O3. The normalized spacial score (nSPS) is 20.7. The second-order valence-corrected chi connectivity index (χ2v) is 7.48. The summed E-state index contributed by atoms with van der Waals surface area (Å²) in [6.45, 7) is 9.27. The van der Waals surface area contributed by atoms with Crippen LogP contribution in [0.1, 0.15) is 26.3 Å². The zero-order valence-electron chi connectivity index (χ0n) is 16.1. The lowest BCUT2D eigenvalue weighted by atomic mass is 9.83. The molecule has 142 valence electrons. The van der Waals surface area contributed by atoms with Crippen molar-refractivity contribution in [2.45, 2.75) is 26.2 Å². The molecule has 0 aromatic heterocycles. The largest absolute Gasteiger partial charge is 0.412 e. The Morgan fingerprint density at radius 3 is 2.31 bits per heavy atom. The molecule has 1 saturated heterocycles. The van der Waals surface area contributed by atoms with E-state index in [0.29, 0.717) is 19.6 Å². The topological polar surface area (TPSA) is 75.4 Å². The molecule has 0 unspecified atom stereocenters. The van der Waals surface area contributed by atoms with Crippen LogP contribution >= 0.6 is 0 Å². The van der Waals surface area contributed by atoms with Crippen LogP contribution in [-0.4, -0.2) is 66.7 Å². The van der Waals surface area contributed by atoms with Gasteiger partial charge in [0.05, 0.1) is 6.54 Å². The van der Waals surface area contributed by atoms with E-state index in [-0.39, 0.29) is 22.6 Å². The molecule has 1 amide bonds. The number of hydrogen-bond donors (Lipinski definition) is 0. The molecule has 2 aliphatic heterocycles. The molecule has 2 heterocycles. The minimum Gasteiger partial charge on any atom is -0.412 e.